The first kappa shape index (κ1) is 12.2. The summed E-state index contributed by atoms with van der Waals surface area (Å²) in [7, 11) is 0. The number of imidazole rings is 1. The zero-order valence-electron chi connectivity index (χ0n) is 11.1. The molecule has 98 valence electrons. The second-order valence-corrected chi connectivity index (χ2v) is 4.33. The number of ether oxygens (including phenoxy) is 1. The van der Waals surface area contributed by atoms with E-state index in [0.29, 0.717) is 23.5 Å². The predicted molar refractivity (Wildman–Crippen MR) is 77.4 cm³/mol. The molecule has 0 spiro atoms. The molecule has 0 amide bonds. The molecule has 0 unspecified atom stereocenters. The van der Waals surface area contributed by atoms with Crippen LogP contribution >= 0.6 is 0 Å². The average molecular weight is 263 g/mol. The van der Waals surface area contributed by atoms with Crippen molar-refractivity contribution in [1.29, 1.82) is 5.26 Å². The van der Waals surface area contributed by atoms with Gasteiger partial charge in [-0.05, 0) is 31.2 Å². The van der Waals surface area contributed by atoms with Gasteiger partial charge in [0, 0.05) is 0 Å². The molecule has 0 bridgehead atoms. The number of para-hydroxylation sites is 2. The second kappa shape index (κ2) is 5.06. The van der Waals surface area contributed by atoms with Gasteiger partial charge in [-0.25, -0.2) is 4.98 Å². The molecule has 0 atom stereocenters. The summed E-state index contributed by atoms with van der Waals surface area (Å²) in [5.74, 6) is 1.50. The fourth-order valence-corrected chi connectivity index (χ4v) is 2.19. The van der Waals surface area contributed by atoms with E-state index in [1.165, 1.54) is 0 Å². The van der Waals surface area contributed by atoms with Crippen molar-refractivity contribution in [3.05, 3.63) is 48.0 Å². The van der Waals surface area contributed by atoms with Gasteiger partial charge >= 0.3 is 0 Å². The Morgan fingerprint density at radius 1 is 1.20 bits per heavy atom. The van der Waals surface area contributed by atoms with Gasteiger partial charge in [0.25, 0.3) is 0 Å². The number of fused-ring (bicyclic) bond motifs is 1. The average Bonchev–Trinajstić information content (AvgIpc) is 2.92. The summed E-state index contributed by atoms with van der Waals surface area (Å²) >= 11 is 0. The van der Waals surface area contributed by atoms with E-state index in [1.54, 1.807) is 6.07 Å². The maximum absolute atomic E-state index is 9.13. The van der Waals surface area contributed by atoms with E-state index >= 15 is 0 Å². The summed E-state index contributed by atoms with van der Waals surface area (Å²) in [6, 6.07) is 15.4. The molecule has 1 heterocycles. The summed E-state index contributed by atoms with van der Waals surface area (Å²) in [5.41, 5.74) is 3.01. The van der Waals surface area contributed by atoms with Gasteiger partial charge in [0.05, 0.1) is 23.3 Å². The molecule has 3 aromatic rings. The van der Waals surface area contributed by atoms with Crippen molar-refractivity contribution in [2.45, 2.75) is 6.92 Å². The Balaban J connectivity index is 2.19. The van der Waals surface area contributed by atoms with Crippen LogP contribution in [0.1, 0.15) is 12.5 Å². The van der Waals surface area contributed by atoms with Gasteiger partial charge in [0.2, 0.25) is 0 Å². The minimum absolute atomic E-state index is 0.568. The number of hydrogen-bond donors (Lipinski definition) is 1. The molecule has 0 aliphatic carbocycles. The van der Waals surface area contributed by atoms with E-state index in [2.05, 4.69) is 16.0 Å². The zero-order valence-corrected chi connectivity index (χ0v) is 11.1. The highest BCUT2D eigenvalue weighted by atomic mass is 16.5. The highest BCUT2D eigenvalue weighted by Gasteiger charge is 2.12. The smallest absolute Gasteiger partial charge is 0.142 e. The molecule has 0 fully saturated rings. The lowest BCUT2D eigenvalue weighted by atomic mass is 10.2. The number of nitrogens with zero attached hydrogens (tertiary/aromatic N) is 2. The van der Waals surface area contributed by atoms with Gasteiger partial charge in [0.1, 0.15) is 23.2 Å². The maximum atomic E-state index is 9.13. The standard InChI is InChI=1S/C16H13N3O/c1-2-20-14-9-4-3-7-12(14)16-18-13-8-5-6-11(10-17)15(13)19-16/h3-9H,2H2,1H3,(H,18,19). The third kappa shape index (κ3) is 1.99. The van der Waals surface area contributed by atoms with E-state index in [0.717, 1.165) is 16.8 Å². The second-order valence-electron chi connectivity index (χ2n) is 4.33. The van der Waals surface area contributed by atoms with Crippen molar-refractivity contribution >= 4 is 11.0 Å². The van der Waals surface area contributed by atoms with Gasteiger partial charge in [-0.1, -0.05) is 18.2 Å². The molecule has 4 nitrogen and oxygen atoms in total. The van der Waals surface area contributed by atoms with Crippen LogP contribution in [0.2, 0.25) is 0 Å². The van der Waals surface area contributed by atoms with Crippen molar-refractivity contribution in [3.63, 3.8) is 0 Å². The molecule has 0 radical (unpaired) electrons. The van der Waals surface area contributed by atoms with Crippen LogP contribution in [0.25, 0.3) is 22.4 Å². The lowest BCUT2D eigenvalue weighted by Gasteiger charge is -2.07. The lowest BCUT2D eigenvalue weighted by Crippen LogP contribution is -1.94. The van der Waals surface area contributed by atoms with Gasteiger partial charge in [-0.3, -0.25) is 0 Å². The first-order valence-corrected chi connectivity index (χ1v) is 6.44. The van der Waals surface area contributed by atoms with Gasteiger partial charge in [-0.15, -0.1) is 0 Å². The van der Waals surface area contributed by atoms with Gasteiger partial charge < -0.3 is 9.72 Å². The van der Waals surface area contributed by atoms with Crippen molar-refractivity contribution in [2.75, 3.05) is 6.61 Å². The zero-order chi connectivity index (χ0) is 13.9. The topological polar surface area (TPSA) is 61.7 Å². The van der Waals surface area contributed by atoms with Crippen LogP contribution in [0.15, 0.2) is 42.5 Å². The Labute approximate surface area is 116 Å². The van der Waals surface area contributed by atoms with E-state index in [1.807, 2.05) is 43.3 Å². The van der Waals surface area contributed by atoms with E-state index in [4.69, 9.17) is 10.00 Å². The number of benzene rings is 2. The van der Waals surface area contributed by atoms with E-state index < -0.39 is 0 Å². The lowest BCUT2D eigenvalue weighted by molar-refractivity contribution is 0.341. The number of nitrogens with one attached hydrogen (secondary N) is 1. The molecule has 3 rings (SSSR count). The normalized spacial score (nSPS) is 10.4. The molecular weight excluding hydrogens is 250 g/mol. The molecule has 0 aliphatic rings. The molecule has 0 saturated carbocycles. The molecule has 4 heteroatoms. The number of H-pyrrole nitrogens is 1. The predicted octanol–water partition coefficient (Wildman–Crippen LogP) is 3.50. The van der Waals surface area contributed by atoms with Crippen LogP contribution in [0.5, 0.6) is 5.75 Å². The van der Waals surface area contributed by atoms with E-state index in [-0.39, 0.29) is 0 Å². The Morgan fingerprint density at radius 2 is 2.05 bits per heavy atom. The highest BCUT2D eigenvalue weighted by Crippen LogP contribution is 2.29. The molecule has 0 aliphatic heterocycles. The summed E-state index contributed by atoms with van der Waals surface area (Å²) in [6.07, 6.45) is 0. The van der Waals surface area contributed by atoms with Crippen LogP contribution in [0, 0.1) is 11.3 Å². The molecule has 20 heavy (non-hydrogen) atoms. The summed E-state index contributed by atoms with van der Waals surface area (Å²) in [4.78, 5) is 7.78. The number of hydrogen-bond acceptors (Lipinski definition) is 3. The van der Waals surface area contributed by atoms with Crippen LogP contribution < -0.4 is 4.74 Å². The fourth-order valence-electron chi connectivity index (χ4n) is 2.19. The van der Waals surface area contributed by atoms with Gasteiger partial charge in [-0.2, -0.15) is 5.26 Å². The largest absolute Gasteiger partial charge is 0.493 e. The van der Waals surface area contributed by atoms with Crippen molar-refractivity contribution in [2.24, 2.45) is 0 Å². The Hall–Kier alpha value is -2.80. The van der Waals surface area contributed by atoms with Gasteiger partial charge in [0.15, 0.2) is 0 Å². The SMILES string of the molecule is CCOc1ccccc1-c1nc2c(C#N)cccc2[nH]1. The quantitative estimate of drug-likeness (QED) is 0.786. The van der Waals surface area contributed by atoms with Crippen molar-refractivity contribution in [1.82, 2.24) is 9.97 Å². The van der Waals surface area contributed by atoms with Crippen LogP contribution in [0.4, 0.5) is 0 Å². The Kier molecular flexibility index (Phi) is 3.10. The fraction of sp³-hybridized carbons (Fsp3) is 0.125. The third-order valence-corrected chi connectivity index (χ3v) is 3.08. The minimum Gasteiger partial charge on any atom is -0.493 e. The molecule has 2 aromatic carbocycles. The summed E-state index contributed by atoms with van der Waals surface area (Å²) < 4.78 is 5.62. The Morgan fingerprint density at radius 3 is 2.85 bits per heavy atom. The molecule has 1 aromatic heterocycles. The van der Waals surface area contributed by atoms with Crippen molar-refractivity contribution < 1.29 is 4.74 Å². The first-order valence-electron chi connectivity index (χ1n) is 6.44. The van der Waals surface area contributed by atoms with E-state index in [9.17, 15) is 0 Å². The third-order valence-electron chi connectivity index (χ3n) is 3.08. The van der Waals surface area contributed by atoms with Crippen LogP contribution in [-0.2, 0) is 0 Å². The number of aromatic amines is 1. The minimum atomic E-state index is 0.568. The molecule has 0 saturated heterocycles. The monoisotopic (exact) mass is 263 g/mol. The number of rotatable bonds is 3. The van der Waals surface area contributed by atoms with Crippen molar-refractivity contribution in [3.8, 4) is 23.2 Å². The summed E-state index contributed by atoms with van der Waals surface area (Å²) in [6.45, 7) is 2.55. The van der Waals surface area contributed by atoms with Crippen LogP contribution in [0.3, 0.4) is 0 Å². The van der Waals surface area contributed by atoms with Crippen LogP contribution in [-0.4, -0.2) is 16.6 Å². The number of nitriles is 1. The highest BCUT2D eigenvalue weighted by molar-refractivity contribution is 5.85. The number of aromatic nitrogens is 2. The maximum Gasteiger partial charge on any atom is 0.142 e. The Bertz CT molecular complexity index is 799. The molecule has 1 N–H and O–H groups in total. The molecular formula is C16H13N3O. The summed E-state index contributed by atoms with van der Waals surface area (Å²) in [5, 5.41) is 9.13. The first-order chi connectivity index (χ1) is 9.83.